The Morgan fingerprint density at radius 3 is 2.56 bits per heavy atom. The van der Waals surface area contributed by atoms with E-state index in [4.69, 9.17) is 4.42 Å². The van der Waals surface area contributed by atoms with Crippen molar-refractivity contribution in [3.63, 3.8) is 0 Å². The Morgan fingerprint density at radius 1 is 1.28 bits per heavy atom. The molecule has 0 radical (unpaired) electrons. The lowest BCUT2D eigenvalue weighted by Gasteiger charge is -2.17. The minimum atomic E-state index is 0.103. The fourth-order valence-corrected chi connectivity index (χ4v) is 2.61. The summed E-state index contributed by atoms with van der Waals surface area (Å²) in [4.78, 5) is 0. The molecule has 1 aromatic heterocycles. The summed E-state index contributed by atoms with van der Waals surface area (Å²) < 4.78 is 7.85. The Bertz CT molecular complexity index is 495. The molecule has 0 saturated carbocycles. The van der Waals surface area contributed by atoms with Crippen molar-refractivity contribution in [2.24, 2.45) is 0 Å². The minimum absolute atomic E-state index is 0.103. The van der Waals surface area contributed by atoms with Gasteiger partial charge < -0.3 is 9.73 Å². The standard InChI is InChI=1S/C14H15BrINO/c1-2-8-17-13(14-12(15)7-9-18-14)10-3-5-11(16)6-4-10/h3-7,9,13,17H,2,8H2,1H3. The number of halogens is 2. The molecule has 0 amide bonds. The van der Waals surface area contributed by atoms with Gasteiger partial charge in [-0.15, -0.1) is 0 Å². The molecule has 0 aliphatic heterocycles. The predicted octanol–water partition coefficient (Wildman–Crippen LogP) is 4.74. The highest BCUT2D eigenvalue weighted by atomic mass is 127. The van der Waals surface area contributed by atoms with Gasteiger partial charge in [-0.05, 0) is 75.2 Å². The topological polar surface area (TPSA) is 25.2 Å². The SMILES string of the molecule is CCCNC(c1ccc(I)cc1)c1occc1Br. The van der Waals surface area contributed by atoms with E-state index in [9.17, 15) is 0 Å². The van der Waals surface area contributed by atoms with Crippen molar-refractivity contribution in [1.29, 1.82) is 0 Å². The van der Waals surface area contributed by atoms with Gasteiger partial charge in [-0.3, -0.25) is 0 Å². The molecular formula is C14H15BrINO. The maximum atomic E-state index is 5.60. The van der Waals surface area contributed by atoms with Crippen molar-refractivity contribution >= 4 is 38.5 Å². The van der Waals surface area contributed by atoms with Crippen LogP contribution >= 0.6 is 38.5 Å². The molecule has 1 heterocycles. The van der Waals surface area contributed by atoms with Gasteiger partial charge in [0, 0.05) is 3.57 Å². The second-order valence-electron chi connectivity index (χ2n) is 4.07. The third-order valence-electron chi connectivity index (χ3n) is 2.71. The molecule has 0 saturated heterocycles. The molecule has 0 bridgehead atoms. The largest absolute Gasteiger partial charge is 0.466 e. The van der Waals surface area contributed by atoms with Gasteiger partial charge in [0.25, 0.3) is 0 Å². The van der Waals surface area contributed by atoms with Gasteiger partial charge in [-0.25, -0.2) is 0 Å². The van der Waals surface area contributed by atoms with E-state index in [1.807, 2.05) is 6.07 Å². The van der Waals surface area contributed by atoms with E-state index >= 15 is 0 Å². The zero-order valence-corrected chi connectivity index (χ0v) is 13.9. The summed E-state index contributed by atoms with van der Waals surface area (Å²) >= 11 is 5.85. The van der Waals surface area contributed by atoms with E-state index in [-0.39, 0.29) is 6.04 Å². The van der Waals surface area contributed by atoms with Gasteiger partial charge in [-0.1, -0.05) is 19.1 Å². The highest BCUT2D eigenvalue weighted by molar-refractivity contribution is 14.1. The first kappa shape index (κ1) is 14.1. The molecule has 4 heteroatoms. The van der Waals surface area contributed by atoms with Crippen LogP contribution in [0.1, 0.15) is 30.7 Å². The smallest absolute Gasteiger partial charge is 0.139 e. The molecule has 1 atom stereocenters. The van der Waals surface area contributed by atoms with Crippen molar-refractivity contribution in [2.45, 2.75) is 19.4 Å². The molecule has 0 aliphatic carbocycles. The number of nitrogens with one attached hydrogen (secondary N) is 1. The van der Waals surface area contributed by atoms with Crippen molar-refractivity contribution in [3.05, 3.63) is 56.0 Å². The molecule has 2 aromatic rings. The average Bonchev–Trinajstić information content (AvgIpc) is 2.78. The first-order valence-electron chi connectivity index (χ1n) is 5.94. The zero-order valence-electron chi connectivity index (χ0n) is 10.1. The van der Waals surface area contributed by atoms with Crippen molar-refractivity contribution in [3.8, 4) is 0 Å². The van der Waals surface area contributed by atoms with Crippen LogP contribution in [0.5, 0.6) is 0 Å². The number of hydrogen-bond acceptors (Lipinski definition) is 2. The van der Waals surface area contributed by atoms with Gasteiger partial charge in [-0.2, -0.15) is 0 Å². The van der Waals surface area contributed by atoms with Crippen LogP contribution in [0.2, 0.25) is 0 Å². The summed E-state index contributed by atoms with van der Waals surface area (Å²) in [5.41, 5.74) is 1.22. The van der Waals surface area contributed by atoms with Crippen LogP contribution in [-0.4, -0.2) is 6.54 Å². The lowest BCUT2D eigenvalue weighted by Crippen LogP contribution is -2.23. The van der Waals surface area contributed by atoms with Gasteiger partial charge >= 0.3 is 0 Å². The maximum absolute atomic E-state index is 5.60. The average molecular weight is 420 g/mol. The highest BCUT2D eigenvalue weighted by Crippen LogP contribution is 2.29. The fourth-order valence-electron chi connectivity index (χ4n) is 1.82. The maximum Gasteiger partial charge on any atom is 0.139 e. The Morgan fingerprint density at radius 2 is 2.00 bits per heavy atom. The molecule has 96 valence electrons. The summed E-state index contributed by atoms with van der Waals surface area (Å²) in [5.74, 6) is 0.935. The van der Waals surface area contributed by atoms with Gasteiger partial charge in [0.15, 0.2) is 0 Å². The normalized spacial score (nSPS) is 12.6. The fraction of sp³-hybridized carbons (Fsp3) is 0.286. The van der Waals surface area contributed by atoms with Gasteiger partial charge in [0.2, 0.25) is 0 Å². The third kappa shape index (κ3) is 3.36. The van der Waals surface area contributed by atoms with Crippen LogP contribution in [0.25, 0.3) is 0 Å². The number of hydrogen-bond donors (Lipinski definition) is 1. The van der Waals surface area contributed by atoms with Crippen molar-refractivity contribution in [2.75, 3.05) is 6.54 Å². The second kappa shape index (κ2) is 6.73. The molecule has 1 unspecified atom stereocenters. The van der Waals surface area contributed by atoms with Gasteiger partial charge in [0.05, 0.1) is 16.8 Å². The van der Waals surface area contributed by atoms with Crippen molar-refractivity contribution in [1.82, 2.24) is 5.32 Å². The van der Waals surface area contributed by atoms with E-state index in [1.165, 1.54) is 9.13 Å². The molecule has 18 heavy (non-hydrogen) atoms. The van der Waals surface area contributed by atoms with Crippen LogP contribution in [0.15, 0.2) is 45.5 Å². The molecule has 0 spiro atoms. The van der Waals surface area contributed by atoms with Crippen LogP contribution in [-0.2, 0) is 0 Å². The molecule has 2 nitrogen and oxygen atoms in total. The number of benzene rings is 1. The molecule has 1 aromatic carbocycles. The summed E-state index contributed by atoms with van der Waals surface area (Å²) in [6.07, 6.45) is 2.81. The third-order valence-corrected chi connectivity index (χ3v) is 4.08. The van der Waals surface area contributed by atoms with Crippen molar-refractivity contribution < 1.29 is 4.42 Å². The quantitative estimate of drug-likeness (QED) is 0.708. The summed E-state index contributed by atoms with van der Waals surface area (Å²) in [7, 11) is 0. The van der Waals surface area contributed by atoms with E-state index < -0.39 is 0 Å². The molecular weight excluding hydrogens is 405 g/mol. The Hall–Kier alpha value is -0.330. The van der Waals surface area contributed by atoms with E-state index in [0.29, 0.717) is 0 Å². The second-order valence-corrected chi connectivity index (χ2v) is 6.17. The first-order valence-corrected chi connectivity index (χ1v) is 7.81. The monoisotopic (exact) mass is 419 g/mol. The minimum Gasteiger partial charge on any atom is -0.466 e. The molecule has 1 N–H and O–H groups in total. The summed E-state index contributed by atoms with van der Waals surface area (Å²) in [5, 5.41) is 3.52. The van der Waals surface area contributed by atoms with Crippen LogP contribution in [0.3, 0.4) is 0 Å². The lowest BCUT2D eigenvalue weighted by atomic mass is 10.0. The first-order chi connectivity index (χ1) is 8.72. The van der Waals surface area contributed by atoms with Gasteiger partial charge in [0.1, 0.15) is 5.76 Å². The predicted molar refractivity (Wildman–Crippen MR) is 85.7 cm³/mol. The van der Waals surface area contributed by atoms with E-state index in [2.05, 4.69) is 75.0 Å². The Labute approximate surface area is 129 Å². The van der Waals surface area contributed by atoms with Crippen LogP contribution in [0.4, 0.5) is 0 Å². The molecule has 0 fully saturated rings. The number of furan rings is 1. The Kier molecular flexibility index (Phi) is 5.26. The van der Waals surface area contributed by atoms with Crippen LogP contribution in [0, 0.1) is 3.57 Å². The zero-order chi connectivity index (χ0) is 13.0. The van der Waals surface area contributed by atoms with E-state index in [0.717, 1.165) is 23.2 Å². The lowest BCUT2D eigenvalue weighted by molar-refractivity contribution is 0.444. The molecule has 0 aliphatic rings. The van der Waals surface area contributed by atoms with E-state index in [1.54, 1.807) is 6.26 Å². The van der Waals surface area contributed by atoms with Crippen LogP contribution < -0.4 is 5.32 Å². The Balaban J connectivity index is 2.30. The summed E-state index contributed by atoms with van der Waals surface area (Å²) in [6, 6.07) is 10.6. The summed E-state index contributed by atoms with van der Waals surface area (Å²) in [6.45, 7) is 3.12. The highest BCUT2D eigenvalue weighted by Gasteiger charge is 2.19. The molecule has 2 rings (SSSR count). The number of rotatable bonds is 5.